The fourth-order valence-corrected chi connectivity index (χ4v) is 14.1. The molecule has 0 nitrogen and oxygen atoms in total. The molecule has 0 unspecified atom stereocenters. The Kier molecular flexibility index (Phi) is 2.52. The highest BCUT2D eigenvalue weighted by Crippen LogP contribution is 2.42. The maximum absolute atomic E-state index is 2.53. The van der Waals surface area contributed by atoms with E-state index in [4.69, 9.17) is 0 Å². The van der Waals surface area contributed by atoms with E-state index in [1.807, 2.05) is 0 Å². The van der Waals surface area contributed by atoms with Crippen LogP contribution in [0.15, 0.2) is 48.5 Å². The summed E-state index contributed by atoms with van der Waals surface area (Å²) in [4.78, 5) is 0. The minimum atomic E-state index is -1.52. The van der Waals surface area contributed by atoms with E-state index >= 15 is 0 Å². The lowest BCUT2D eigenvalue weighted by molar-refractivity contribution is 1.71. The zero-order valence-electron chi connectivity index (χ0n) is 14.0. The summed E-state index contributed by atoms with van der Waals surface area (Å²) in [5.74, 6) is 0. The molecular weight excluding hydrogens is 328 g/mol. The van der Waals surface area contributed by atoms with Gasteiger partial charge in [-0.2, -0.15) is 11.3 Å². The Morgan fingerprint density at radius 3 is 1.43 bits per heavy atom. The number of fused-ring (bicyclic) bond motifs is 7. The lowest BCUT2D eigenvalue weighted by Gasteiger charge is -2.20. The molecule has 3 heteroatoms. The summed E-state index contributed by atoms with van der Waals surface area (Å²) in [6.45, 7) is 10.1. The highest BCUT2D eigenvalue weighted by molar-refractivity contribution is 7.41. The maximum atomic E-state index is 2.53. The molecule has 3 aromatic rings. The van der Waals surface area contributed by atoms with E-state index in [2.05, 4.69) is 86.1 Å². The molecule has 114 valence electrons. The number of thiophene rings is 1. The molecule has 0 amide bonds. The Morgan fingerprint density at radius 2 is 1.00 bits per heavy atom. The molecule has 0 saturated heterocycles. The lowest BCUT2D eigenvalue weighted by Crippen LogP contribution is -2.51. The quantitative estimate of drug-likeness (QED) is 0.547. The van der Waals surface area contributed by atoms with E-state index in [1.165, 1.54) is 11.1 Å². The van der Waals surface area contributed by atoms with E-state index in [1.54, 1.807) is 30.5 Å². The number of hydrogen-bond acceptors (Lipinski definition) is 1. The smallest absolute Gasteiger partial charge is 0.126 e. The molecule has 3 heterocycles. The summed E-state index contributed by atoms with van der Waals surface area (Å²) in [6.07, 6.45) is 0. The molecule has 0 N–H and O–H groups in total. The molecule has 23 heavy (non-hydrogen) atoms. The van der Waals surface area contributed by atoms with Crippen LogP contribution in [0.2, 0.25) is 26.2 Å². The van der Waals surface area contributed by atoms with E-state index < -0.39 is 16.1 Å². The van der Waals surface area contributed by atoms with E-state index in [0.29, 0.717) is 0 Å². The monoisotopic (exact) mass is 348 g/mol. The Hall–Kier alpha value is -1.43. The van der Waals surface area contributed by atoms with Gasteiger partial charge in [0.05, 0.1) is 0 Å². The van der Waals surface area contributed by atoms with Crippen molar-refractivity contribution >= 4 is 46.9 Å². The van der Waals surface area contributed by atoms with Gasteiger partial charge in [-0.25, -0.2) is 0 Å². The first kappa shape index (κ1) is 14.0. The van der Waals surface area contributed by atoms with Crippen molar-refractivity contribution in [2.45, 2.75) is 26.2 Å². The molecule has 0 saturated carbocycles. The van der Waals surface area contributed by atoms with Gasteiger partial charge in [0.1, 0.15) is 16.1 Å². The van der Waals surface area contributed by atoms with E-state index in [9.17, 15) is 0 Å². The van der Waals surface area contributed by atoms with Gasteiger partial charge >= 0.3 is 0 Å². The molecule has 0 atom stereocenters. The highest BCUT2D eigenvalue weighted by atomic mass is 32.1. The van der Waals surface area contributed by atoms with Crippen LogP contribution < -0.4 is 19.4 Å². The third-order valence-electron chi connectivity index (χ3n) is 5.78. The van der Waals surface area contributed by atoms with Crippen LogP contribution in [0.5, 0.6) is 0 Å². The van der Waals surface area contributed by atoms with Crippen molar-refractivity contribution in [1.29, 1.82) is 0 Å². The van der Waals surface area contributed by atoms with E-state index in [-0.39, 0.29) is 0 Å². The van der Waals surface area contributed by atoms with Gasteiger partial charge in [0.15, 0.2) is 0 Å². The zero-order chi connectivity index (χ0) is 16.0. The Morgan fingerprint density at radius 1 is 0.609 bits per heavy atom. The lowest BCUT2D eigenvalue weighted by atomic mass is 9.99. The van der Waals surface area contributed by atoms with Crippen molar-refractivity contribution in [2.24, 2.45) is 0 Å². The molecule has 1 aromatic heterocycles. The Balaban J connectivity index is 1.95. The average molecular weight is 349 g/mol. The number of benzene rings is 2. The molecule has 2 aromatic carbocycles. The Bertz CT molecular complexity index is 901. The van der Waals surface area contributed by atoms with E-state index in [0.717, 1.165) is 0 Å². The Labute approximate surface area is 143 Å². The predicted octanol–water partition coefficient (Wildman–Crippen LogP) is 3.35. The van der Waals surface area contributed by atoms with Gasteiger partial charge < -0.3 is 0 Å². The van der Waals surface area contributed by atoms with Gasteiger partial charge in [0.25, 0.3) is 0 Å². The van der Waals surface area contributed by atoms with Crippen LogP contribution >= 0.6 is 11.3 Å². The van der Waals surface area contributed by atoms with Crippen LogP contribution in [0, 0.1) is 0 Å². The summed E-state index contributed by atoms with van der Waals surface area (Å²) < 4.78 is 3.44. The maximum Gasteiger partial charge on any atom is 0.126 e. The molecule has 2 aliphatic heterocycles. The fraction of sp³-hybridized carbons (Fsp3) is 0.200. The third kappa shape index (κ3) is 1.51. The van der Waals surface area contributed by atoms with Crippen LogP contribution in [0.25, 0.3) is 22.3 Å². The van der Waals surface area contributed by atoms with Crippen molar-refractivity contribution in [3.63, 3.8) is 0 Å². The van der Waals surface area contributed by atoms with Gasteiger partial charge in [-0.1, -0.05) is 74.7 Å². The van der Waals surface area contributed by atoms with Crippen molar-refractivity contribution in [3.05, 3.63) is 48.5 Å². The summed E-state index contributed by atoms with van der Waals surface area (Å²) in [5, 5.41) is 3.26. The molecule has 2 aliphatic rings. The highest BCUT2D eigenvalue weighted by Gasteiger charge is 2.48. The van der Waals surface area contributed by atoms with Crippen LogP contribution in [0.1, 0.15) is 0 Å². The number of rotatable bonds is 0. The molecule has 0 radical (unpaired) electrons. The number of hydrogen-bond donors (Lipinski definition) is 0. The average Bonchev–Trinajstić information content (AvgIpc) is 3.11. The molecule has 0 bridgehead atoms. The van der Waals surface area contributed by atoms with Crippen molar-refractivity contribution in [3.8, 4) is 22.3 Å². The SMILES string of the molecule is C[Si]1(C)c2ccccc2-c2c1sc1c2-c2ccccc2[Si]1(C)C. The predicted molar refractivity (Wildman–Crippen MR) is 109 cm³/mol. The van der Waals surface area contributed by atoms with Crippen LogP contribution in [0.4, 0.5) is 0 Å². The molecular formula is C20H20SSi2. The summed E-state index contributed by atoms with van der Waals surface area (Å²) in [7, 11) is -3.03. The molecule has 0 spiro atoms. The van der Waals surface area contributed by atoms with Crippen molar-refractivity contribution in [1.82, 2.24) is 0 Å². The largest absolute Gasteiger partial charge is 0.153 e. The van der Waals surface area contributed by atoms with Crippen molar-refractivity contribution < 1.29 is 0 Å². The molecule has 0 fully saturated rings. The zero-order valence-corrected chi connectivity index (χ0v) is 16.8. The molecule has 5 rings (SSSR count). The minimum Gasteiger partial charge on any atom is -0.153 e. The van der Waals surface area contributed by atoms with Gasteiger partial charge in [-0.05, 0) is 32.6 Å². The standard InChI is InChI=1S/C20H20SSi2/c1-22(2)15-11-7-5-9-13(15)17-18-14-10-6-8-12-16(14)23(3,4)20(18)21-19(17)22/h5-12H,1-4H3. The molecule has 0 aliphatic carbocycles. The second-order valence-corrected chi connectivity index (χ2v) is 18.2. The van der Waals surface area contributed by atoms with Gasteiger partial charge in [-0.15, -0.1) is 0 Å². The van der Waals surface area contributed by atoms with Gasteiger partial charge in [-0.3, -0.25) is 0 Å². The van der Waals surface area contributed by atoms with Crippen LogP contribution in [-0.2, 0) is 0 Å². The first-order valence-electron chi connectivity index (χ1n) is 8.31. The minimum absolute atomic E-state index is 1.52. The second-order valence-electron chi connectivity index (χ2n) is 7.85. The van der Waals surface area contributed by atoms with Crippen molar-refractivity contribution in [2.75, 3.05) is 0 Å². The first-order chi connectivity index (χ1) is 10.9. The summed E-state index contributed by atoms with van der Waals surface area (Å²) in [6, 6.07) is 18.3. The fourth-order valence-electron chi connectivity index (χ4n) is 4.56. The van der Waals surface area contributed by atoms with Crippen LogP contribution in [-0.4, -0.2) is 16.1 Å². The van der Waals surface area contributed by atoms with Gasteiger partial charge in [0, 0.05) is 9.00 Å². The summed E-state index contributed by atoms with van der Waals surface area (Å²) in [5.41, 5.74) is 6.25. The van der Waals surface area contributed by atoms with Gasteiger partial charge in [0.2, 0.25) is 0 Å². The third-order valence-corrected chi connectivity index (χ3v) is 16.6. The topological polar surface area (TPSA) is 0 Å². The summed E-state index contributed by atoms with van der Waals surface area (Å²) >= 11 is 2.16. The normalized spacial score (nSPS) is 18.3. The second kappa shape index (κ2) is 4.15. The van der Waals surface area contributed by atoms with Crippen LogP contribution in [0.3, 0.4) is 0 Å². The first-order valence-corrected chi connectivity index (χ1v) is 15.1.